The number of aromatic nitrogens is 1. The van der Waals surface area contributed by atoms with Gasteiger partial charge in [0.15, 0.2) is 5.76 Å². The van der Waals surface area contributed by atoms with Crippen LogP contribution in [0.5, 0.6) is 0 Å². The van der Waals surface area contributed by atoms with Crippen LogP contribution >= 0.6 is 11.6 Å². The molecule has 1 aliphatic carbocycles. The number of anilines is 1. The van der Waals surface area contributed by atoms with Gasteiger partial charge in [0.2, 0.25) is 0 Å². The van der Waals surface area contributed by atoms with E-state index in [9.17, 15) is 9.59 Å². The Hall–Kier alpha value is -4.10. The fourth-order valence-corrected chi connectivity index (χ4v) is 4.32. The highest BCUT2D eigenvalue weighted by Crippen LogP contribution is 2.31. The zero-order valence-corrected chi connectivity index (χ0v) is 21.8. The van der Waals surface area contributed by atoms with Gasteiger partial charge >= 0.3 is 6.09 Å². The van der Waals surface area contributed by atoms with Crippen molar-refractivity contribution in [2.24, 2.45) is 0 Å². The van der Waals surface area contributed by atoms with Crippen molar-refractivity contribution in [2.75, 3.05) is 11.9 Å². The fourth-order valence-electron chi connectivity index (χ4n) is 4.09. The molecule has 2 amide bonds. The van der Waals surface area contributed by atoms with Crippen molar-refractivity contribution < 1.29 is 18.8 Å². The molecule has 0 spiro atoms. The average Bonchev–Trinajstić information content (AvgIpc) is 3.67. The van der Waals surface area contributed by atoms with E-state index in [1.807, 2.05) is 66.7 Å². The van der Waals surface area contributed by atoms with Crippen LogP contribution in [0.4, 0.5) is 10.5 Å². The molecule has 38 heavy (non-hydrogen) atoms. The SMILES string of the molecule is Cc1noc(-c2ccc(Cc3ccc(C(=O)NC4CC4)cc3)cc2)c1NC(=O)OCCc1ccccc1Cl. The van der Waals surface area contributed by atoms with E-state index < -0.39 is 6.09 Å². The number of hydrogen-bond acceptors (Lipinski definition) is 5. The van der Waals surface area contributed by atoms with E-state index in [-0.39, 0.29) is 12.5 Å². The van der Waals surface area contributed by atoms with Crippen LogP contribution in [-0.2, 0) is 17.6 Å². The van der Waals surface area contributed by atoms with Gasteiger partial charge in [0.05, 0.1) is 6.61 Å². The summed E-state index contributed by atoms with van der Waals surface area (Å²) in [7, 11) is 0. The topological polar surface area (TPSA) is 93.5 Å². The zero-order chi connectivity index (χ0) is 26.5. The Morgan fingerprint density at radius 1 is 1.00 bits per heavy atom. The van der Waals surface area contributed by atoms with E-state index in [1.165, 1.54) is 0 Å². The number of carbonyl (C=O) groups excluding carboxylic acids is 2. The van der Waals surface area contributed by atoms with Crippen LogP contribution in [0.25, 0.3) is 11.3 Å². The molecule has 1 heterocycles. The lowest BCUT2D eigenvalue weighted by Gasteiger charge is -2.09. The van der Waals surface area contributed by atoms with Gasteiger partial charge in [-0.2, -0.15) is 0 Å². The number of amides is 2. The predicted octanol–water partition coefficient (Wildman–Crippen LogP) is 6.58. The third-order valence-corrected chi connectivity index (χ3v) is 6.77. The Bertz CT molecular complexity index is 1430. The maximum Gasteiger partial charge on any atom is 0.411 e. The summed E-state index contributed by atoms with van der Waals surface area (Å²) < 4.78 is 10.9. The first-order valence-corrected chi connectivity index (χ1v) is 13.0. The van der Waals surface area contributed by atoms with E-state index in [0.29, 0.717) is 40.2 Å². The van der Waals surface area contributed by atoms with Crippen molar-refractivity contribution in [1.82, 2.24) is 10.5 Å². The summed E-state index contributed by atoms with van der Waals surface area (Å²) in [4.78, 5) is 24.6. The molecule has 0 atom stereocenters. The van der Waals surface area contributed by atoms with Gasteiger partial charge in [-0.05, 0) is 61.1 Å². The summed E-state index contributed by atoms with van der Waals surface area (Å²) in [6.45, 7) is 1.95. The molecule has 0 bridgehead atoms. The summed E-state index contributed by atoms with van der Waals surface area (Å²) in [5.74, 6) is 0.447. The molecular weight excluding hydrogens is 502 g/mol. The van der Waals surface area contributed by atoms with Gasteiger partial charge in [0, 0.05) is 28.6 Å². The normalized spacial score (nSPS) is 12.7. The maximum atomic E-state index is 12.4. The number of benzene rings is 3. The minimum absolute atomic E-state index is 0.0142. The molecule has 0 saturated heterocycles. The second-order valence-corrected chi connectivity index (χ2v) is 9.80. The molecular formula is C30H28ClN3O4. The number of halogens is 1. The number of hydrogen-bond donors (Lipinski definition) is 2. The Labute approximate surface area is 226 Å². The first kappa shape index (κ1) is 25.5. The van der Waals surface area contributed by atoms with E-state index >= 15 is 0 Å². The molecule has 1 aromatic heterocycles. The van der Waals surface area contributed by atoms with Crippen molar-refractivity contribution >= 4 is 29.3 Å². The van der Waals surface area contributed by atoms with Gasteiger partial charge in [0.1, 0.15) is 11.4 Å². The number of rotatable bonds is 9. The Balaban J connectivity index is 1.18. The summed E-state index contributed by atoms with van der Waals surface area (Å²) >= 11 is 6.16. The van der Waals surface area contributed by atoms with E-state index in [1.54, 1.807) is 13.0 Å². The van der Waals surface area contributed by atoms with Crippen molar-refractivity contribution in [3.63, 3.8) is 0 Å². The molecule has 3 aromatic carbocycles. The summed E-state index contributed by atoms with van der Waals surface area (Å²) in [6, 6.07) is 23.4. The van der Waals surface area contributed by atoms with Gasteiger partial charge in [-0.25, -0.2) is 4.79 Å². The monoisotopic (exact) mass is 529 g/mol. The van der Waals surface area contributed by atoms with Crippen LogP contribution in [0.1, 0.15) is 45.6 Å². The molecule has 194 valence electrons. The molecule has 1 saturated carbocycles. The quantitative estimate of drug-likeness (QED) is 0.255. The molecule has 8 heteroatoms. The lowest BCUT2D eigenvalue weighted by molar-refractivity contribution is 0.0951. The second-order valence-electron chi connectivity index (χ2n) is 9.39. The van der Waals surface area contributed by atoms with Crippen LogP contribution < -0.4 is 10.6 Å². The third kappa shape index (κ3) is 6.42. The van der Waals surface area contributed by atoms with Crippen LogP contribution in [0, 0.1) is 6.92 Å². The van der Waals surface area contributed by atoms with E-state index in [0.717, 1.165) is 41.5 Å². The molecule has 1 aliphatic rings. The summed E-state index contributed by atoms with van der Waals surface area (Å²) in [5, 5.41) is 10.4. The average molecular weight is 530 g/mol. The molecule has 2 N–H and O–H groups in total. The lowest BCUT2D eigenvalue weighted by Crippen LogP contribution is -2.25. The van der Waals surface area contributed by atoms with Crippen LogP contribution in [-0.4, -0.2) is 29.8 Å². The number of aryl methyl sites for hydroxylation is 1. The first-order valence-electron chi connectivity index (χ1n) is 12.6. The fraction of sp³-hybridized carbons (Fsp3) is 0.233. The molecule has 5 rings (SSSR count). The standard InChI is InChI=1S/C30H28ClN3O4/c1-19-27(33-30(36)37-17-16-22-4-2-3-5-26(22)31)28(38-34-19)23-10-6-20(7-11-23)18-21-8-12-24(13-9-21)29(35)32-25-14-15-25/h2-13,25H,14-18H2,1H3,(H,32,35)(H,33,36). The van der Waals surface area contributed by atoms with Gasteiger partial charge in [0.25, 0.3) is 5.91 Å². The Kier molecular flexibility index (Phi) is 7.75. The molecule has 4 aromatic rings. The van der Waals surface area contributed by atoms with Crippen molar-refractivity contribution in [3.8, 4) is 11.3 Å². The largest absolute Gasteiger partial charge is 0.449 e. The van der Waals surface area contributed by atoms with Gasteiger partial charge in [-0.1, -0.05) is 71.4 Å². The van der Waals surface area contributed by atoms with Crippen LogP contribution in [0.2, 0.25) is 5.02 Å². The summed E-state index contributed by atoms with van der Waals surface area (Å²) in [5.41, 5.74) is 5.62. The smallest absolute Gasteiger partial charge is 0.411 e. The molecule has 0 aliphatic heterocycles. The minimum Gasteiger partial charge on any atom is -0.449 e. The minimum atomic E-state index is -0.588. The maximum absolute atomic E-state index is 12.4. The highest BCUT2D eigenvalue weighted by Gasteiger charge is 2.23. The van der Waals surface area contributed by atoms with Gasteiger partial charge < -0.3 is 14.6 Å². The molecule has 7 nitrogen and oxygen atoms in total. The van der Waals surface area contributed by atoms with Crippen molar-refractivity contribution in [1.29, 1.82) is 0 Å². The van der Waals surface area contributed by atoms with E-state index in [4.69, 9.17) is 20.9 Å². The number of nitrogens with zero attached hydrogens (tertiary/aromatic N) is 1. The van der Waals surface area contributed by atoms with Crippen LogP contribution in [0.3, 0.4) is 0 Å². The van der Waals surface area contributed by atoms with Crippen LogP contribution in [0.15, 0.2) is 77.3 Å². The predicted molar refractivity (Wildman–Crippen MR) is 147 cm³/mol. The van der Waals surface area contributed by atoms with Gasteiger partial charge in [-0.3, -0.25) is 10.1 Å². The number of carbonyl (C=O) groups is 2. The highest BCUT2D eigenvalue weighted by molar-refractivity contribution is 6.31. The number of ether oxygens (including phenoxy) is 1. The summed E-state index contributed by atoms with van der Waals surface area (Å²) in [6.07, 6.45) is 2.79. The Morgan fingerprint density at radius 3 is 2.37 bits per heavy atom. The zero-order valence-electron chi connectivity index (χ0n) is 21.0. The molecule has 0 unspecified atom stereocenters. The van der Waals surface area contributed by atoms with Gasteiger partial charge in [-0.15, -0.1) is 0 Å². The first-order chi connectivity index (χ1) is 18.5. The second kappa shape index (κ2) is 11.5. The molecule has 1 fully saturated rings. The third-order valence-electron chi connectivity index (χ3n) is 6.41. The number of nitrogens with one attached hydrogen (secondary N) is 2. The highest BCUT2D eigenvalue weighted by atomic mass is 35.5. The lowest BCUT2D eigenvalue weighted by atomic mass is 10.0. The van der Waals surface area contributed by atoms with Crippen molar-refractivity contribution in [2.45, 2.75) is 38.6 Å². The van der Waals surface area contributed by atoms with Crippen molar-refractivity contribution in [3.05, 3.63) is 106 Å². The molecule has 0 radical (unpaired) electrons. The Morgan fingerprint density at radius 2 is 1.68 bits per heavy atom. The van der Waals surface area contributed by atoms with E-state index in [2.05, 4.69) is 15.8 Å².